The van der Waals surface area contributed by atoms with Crippen LogP contribution in [0.1, 0.15) is 24.8 Å². The molecular formula is C17H23NO5. The van der Waals surface area contributed by atoms with Crippen molar-refractivity contribution in [2.24, 2.45) is 5.41 Å². The van der Waals surface area contributed by atoms with E-state index in [-0.39, 0.29) is 18.9 Å². The first-order chi connectivity index (χ1) is 11.1. The number of nitrogens with one attached hydrogen (secondary N) is 1. The van der Waals surface area contributed by atoms with Gasteiger partial charge in [0.15, 0.2) is 0 Å². The van der Waals surface area contributed by atoms with Crippen LogP contribution in [-0.2, 0) is 25.7 Å². The van der Waals surface area contributed by atoms with E-state index in [2.05, 4.69) is 5.32 Å². The predicted octanol–water partition coefficient (Wildman–Crippen LogP) is 1.59. The van der Waals surface area contributed by atoms with E-state index in [1.54, 1.807) is 0 Å². The quantitative estimate of drug-likeness (QED) is 0.710. The highest BCUT2D eigenvalue weighted by molar-refractivity contribution is 5.79. The van der Waals surface area contributed by atoms with Crippen LogP contribution in [0.25, 0.3) is 0 Å². The number of amides is 1. The van der Waals surface area contributed by atoms with Gasteiger partial charge in [-0.25, -0.2) is 0 Å². The lowest BCUT2D eigenvalue weighted by molar-refractivity contribution is -0.154. The smallest absolute Gasteiger partial charge is 0.311 e. The molecule has 1 aromatic carbocycles. The Labute approximate surface area is 135 Å². The van der Waals surface area contributed by atoms with Crippen LogP contribution >= 0.6 is 0 Å². The van der Waals surface area contributed by atoms with E-state index < -0.39 is 11.4 Å². The summed E-state index contributed by atoms with van der Waals surface area (Å²) in [4.78, 5) is 23.3. The molecule has 0 spiro atoms. The maximum atomic E-state index is 11.8. The monoisotopic (exact) mass is 321 g/mol. The summed E-state index contributed by atoms with van der Waals surface area (Å²) in [5.41, 5.74) is 0.152. The van der Waals surface area contributed by atoms with Crippen molar-refractivity contribution in [2.75, 3.05) is 26.4 Å². The normalized spacial score (nSPS) is 16.7. The summed E-state index contributed by atoms with van der Waals surface area (Å²) in [7, 11) is 0. The van der Waals surface area contributed by atoms with E-state index in [4.69, 9.17) is 9.47 Å². The topological polar surface area (TPSA) is 84.9 Å². The van der Waals surface area contributed by atoms with E-state index in [9.17, 15) is 14.7 Å². The molecule has 0 aliphatic carbocycles. The molecule has 0 saturated carbocycles. The maximum absolute atomic E-state index is 11.8. The van der Waals surface area contributed by atoms with Crippen molar-refractivity contribution < 1.29 is 24.2 Å². The van der Waals surface area contributed by atoms with Crippen LogP contribution in [0.2, 0.25) is 0 Å². The number of carbonyl (C=O) groups is 2. The van der Waals surface area contributed by atoms with Gasteiger partial charge in [-0.15, -0.1) is 0 Å². The van der Waals surface area contributed by atoms with Crippen LogP contribution in [-0.4, -0.2) is 43.3 Å². The summed E-state index contributed by atoms with van der Waals surface area (Å²) in [5.74, 6) is -1.06. The number of carboxylic acid groups (broad SMARTS) is 1. The first-order valence-corrected chi connectivity index (χ1v) is 7.82. The molecular weight excluding hydrogens is 298 g/mol. The first-order valence-electron chi connectivity index (χ1n) is 7.82. The van der Waals surface area contributed by atoms with Gasteiger partial charge in [0.1, 0.15) is 0 Å². The van der Waals surface area contributed by atoms with Crippen molar-refractivity contribution >= 4 is 11.9 Å². The largest absolute Gasteiger partial charge is 0.481 e. The van der Waals surface area contributed by atoms with Gasteiger partial charge >= 0.3 is 5.97 Å². The van der Waals surface area contributed by atoms with Gasteiger partial charge in [0.05, 0.1) is 18.6 Å². The number of benzene rings is 1. The Morgan fingerprint density at radius 3 is 2.57 bits per heavy atom. The zero-order chi connectivity index (χ0) is 16.5. The fraction of sp³-hybridized carbons (Fsp3) is 0.529. The first kappa shape index (κ1) is 17.4. The summed E-state index contributed by atoms with van der Waals surface area (Å²) in [6.45, 7) is 1.75. The highest BCUT2D eigenvalue weighted by Crippen LogP contribution is 2.30. The molecule has 2 N–H and O–H groups in total. The lowest BCUT2D eigenvalue weighted by Crippen LogP contribution is -2.46. The lowest BCUT2D eigenvalue weighted by Gasteiger charge is -2.33. The van der Waals surface area contributed by atoms with Gasteiger partial charge < -0.3 is 19.9 Å². The summed E-state index contributed by atoms with van der Waals surface area (Å²) >= 11 is 0. The third-order valence-corrected chi connectivity index (χ3v) is 4.11. The van der Waals surface area contributed by atoms with Crippen molar-refractivity contribution in [3.05, 3.63) is 35.9 Å². The number of aliphatic carboxylic acids is 1. The number of carbonyl (C=O) groups excluding carboxylic acids is 1. The van der Waals surface area contributed by atoms with Crippen LogP contribution in [0.4, 0.5) is 0 Å². The second-order valence-electron chi connectivity index (χ2n) is 5.76. The summed E-state index contributed by atoms with van der Waals surface area (Å²) in [6.07, 6.45) is 1.07. The van der Waals surface area contributed by atoms with Crippen molar-refractivity contribution in [2.45, 2.75) is 25.9 Å². The minimum absolute atomic E-state index is 0.142. The SMILES string of the molecule is O=C(CCOCc1ccccc1)NCC1(C(=O)O)CCOCC1. The predicted molar refractivity (Wildman–Crippen MR) is 83.8 cm³/mol. The highest BCUT2D eigenvalue weighted by Gasteiger charge is 2.40. The molecule has 0 radical (unpaired) electrons. The average molecular weight is 321 g/mol. The van der Waals surface area contributed by atoms with E-state index in [0.29, 0.717) is 39.3 Å². The Balaban J connectivity index is 1.67. The molecule has 0 bridgehead atoms. The van der Waals surface area contributed by atoms with E-state index in [1.165, 1.54) is 0 Å². The number of carboxylic acids is 1. The Bertz CT molecular complexity index is 511. The highest BCUT2D eigenvalue weighted by atomic mass is 16.5. The lowest BCUT2D eigenvalue weighted by atomic mass is 9.80. The minimum Gasteiger partial charge on any atom is -0.481 e. The molecule has 1 heterocycles. The van der Waals surface area contributed by atoms with Gasteiger partial charge in [-0.1, -0.05) is 30.3 Å². The molecule has 1 aliphatic rings. The van der Waals surface area contributed by atoms with E-state index in [0.717, 1.165) is 5.56 Å². The van der Waals surface area contributed by atoms with Gasteiger partial charge in [-0.2, -0.15) is 0 Å². The molecule has 6 heteroatoms. The molecule has 1 fully saturated rings. The van der Waals surface area contributed by atoms with Crippen LogP contribution in [0, 0.1) is 5.41 Å². The fourth-order valence-corrected chi connectivity index (χ4v) is 2.51. The van der Waals surface area contributed by atoms with Gasteiger partial charge in [-0.3, -0.25) is 9.59 Å². The van der Waals surface area contributed by atoms with Gasteiger partial charge in [-0.05, 0) is 18.4 Å². The zero-order valence-corrected chi connectivity index (χ0v) is 13.1. The number of ether oxygens (including phenoxy) is 2. The molecule has 1 aromatic rings. The Morgan fingerprint density at radius 2 is 1.91 bits per heavy atom. The molecule has 1 aliphatic heterocycles. The van der Waals surface area contributed by atoms with Crippen molar-refractivity contribution in [1.82, 2.24) is 5.32 Å². The van der Waals surface area contributed by atoms with Crippen LogP contribution in [0.15, 0.2) is 30.3 Å². The van der Waals surface area contributed by atoms with Crippen LogP contribution in [0.3, 0.4) is 0 Å². The molecule has 0 unspecified atom stereocenters. The minimum atomic E-state index is -0.904. The second kappa shape index (κ2) is 8.64. The number of hydrogen-bond donors (Lipinski definition) is 2. The van der Waals surface area contributed by atoms with Crippen molar-refractivity contribution in [1.29, 1.82) is 0 Å². The summed E-state index contributed by atoms with van der Waals surface area (Å²) in [5, 5.41) is 12.1. The molecule has 2 rings (SSSR count). The van der Waals surface area contributed by atoms with Gasteiger partial charge in [0, 0.05) is 26.2 Å². The van der Waals surface area contributed by atoms with E-state index in [1.807, 2.05) is 30.3 Å². The second-order valence-corrected chi connectivity index (χ2v) is 5.76. The van der Waals surface area contributed by atoms with Crippen LogP contribution < -0.4 is 5.32 Å². The Hall–Kier alpha value is -1.92. The third-order valence-electron chi connectivity index (χ3n) is 4.11. The molecule has 0 atom stereocenters. The van der Waals surface area contributed by atoms with Crippen LogP contribution in [0.5, 0.6) is 0 Å². The molecule has 1 saturated heterocycles. The maximum Gasteiger partial charge on any atom is 0.311 e. The van der Waals surface area contributed by atoms with Gasteiger partial charge in [0.2, 0.25) is 5.91 Å². The fourth-order valence-electron chi connectivity index (χ4n) is 2.51. The van der Waals surface area contributed by atoms with Gasteiger partial charge in [0.25, 0.3) is 0 Å². The molecule has 23 heavy (non-hydrogen) atoms. The van der Waals surface area contributed by atoms with E-state index >= 15 is 0 Å². The number of hydrogen-bond acceptors (Lipinski definition) is 4. The Kier molecular flexibility index (Phi) is 6.55. The molecule has 6 nitrogen and oxygen atoms in total. The standard InChI is InChI=1S/C17H23NO5/c19-15(6-9-23-12-14-4-2-1-3-5-14)18-13-17(16(20)21)7-10-22-11-8-17/h1-5H,6-13H2,(H,18,19)(H,20,21). The zero-order valence-electron chi connectivity index (χ0n) is 13.1. The van der Waals surface area contributed by atoms with Crippen molar-refractivity contribution in [3.63, 3.8) is 0 Å². The van der Waals surface area contributed by atoms with Crippen molar-refractivity contribution in [3.8, 4) is 0 Å². The molecule has 1 amide bonds. The molecule has 126 valence electrons. The summed E-state index contributed by atoms with van der Waals surface area (Å²) < 4.78 is 10.7. The molecule has 0 aromatic heterocycles. The average Bonchev–Trinajstić information content (AvgIpc) is 2.58. The summed E-state index contributed by atoms with van der Waals surface area (Å²) in [6, 6.07) is 9.73. The third kappa shape index (κ3) is 5.33. The number of rotatable bonds is 8. The Morgan fingerprint density at radius 1 is 1.22 bits per heavy atom.